The van der Waals surface area contributed by atoms with Crippen LogP contribution in [0.1, 0.15) is 80.8 Å². The number of fused-ring (bicyclic) bond motifs is 1. The summed E-state index contributed by atoms with van der Waals surface area (Å²) < 4.78 is 41.8. The Bertz CT molecular complexity index is 1150. The first-order valence-corrected chi connectivity index (χ1v) is 14.1. The molecule has 1 amide bonds. The van der Waals surface area contributed by atoms with Gasteiger partial charge in [0.2, 0.25) is 10.0 Å². The zero-order valence-electron chi connectivity index (χ0n) is 20.9. The van der Waals surface area contributed by atoms with E-state index in [1.807, 2.05) is 24.3 Å². The van der Waals surface area contributed by atoms with Crippen molar-refractivity contribution in [2.24, 2.45) is 0 Å². The van der Waals surface area contributed by atoms with Crippen molar-refractivity contribution in [1.82, 2.24) is 9.62 Å². The lowest BCUT2D eigenvalue weighted by atomic mass is 9.84. The third-order valence-corrected chi connectivity index (χ3v) is 8.86. The highest BCUT2D eigenvalue weighted by Gasteiger charge is 2.40. The Morgan fingerprint density at radius 3 is 2.43 bits per heavy atom. The van der Waals surface area contributed by atoms with Gasteiger partial charge in [0, 0.05) is 25.1 Å². The molecule has 2 aliphatic rings. The van der Waals surface area contributed by atoms with Crippen LogP contribution in [0, 0.1) is 0 Å². The van der Waals surface area contributed by atoms with Crippen molar-refractivity contribution >= 4 is 15.9 Å². The molecule has 0 aliphatic carbocycles. The van der Waals surface area contributed by atoms with E-state index >= 15 is 0 Å². The summed E-state index contributed by atoms with van der Waals surface area (Å²) in [7, 11) is -2.42. The standard InChI is InChI=1S/C27H36N2O5S/c1-4-27(5-2)19-23(21-12-8-9-13-25(21)34-27)28-35(31,32)20-14-15-24(33-3)22(18-20)26(30)29-16-10-6-7-11-17-29/h8-9,12-15,18,23,28H,4-7,10-11,16-17,19H2,1-3H3. The lowest BCUT2D eigenvalue weighted by Crippen LogP contribution is -2.44. The topological polar surface area (TPSA) is 84.9 Å². The molecule has 0 bridgehead atoms. The van der Waals surface area contributed by atoms with E-state index in [2.05, 4.69) is 18.6 Å². The highest BCUT2D eigenvalue weighted by molar-refractivity contribution is 7.89. The smallest absolute Gasteiger partial charge is 0.257 e. The Balaban J connectivity index is 1.66. The van der Waals surface area contributed by atoms with Gasteiger partial charge in [0.25, 0.3) is 5.91 Å². The molecule has 1 saturated heterocycles. The molecule has 0 saturated carbocycles. The molecule has 2 heterocycles. The third-order valence-electron chi connectivity index (χ3n) is 7.39. The molecule has 1 N–H and O–H groups in total. The van der Waals surface area contributed by atoms with Crippen LogP contribution in [0.2, 0.25) is 0 Å². The van der Waals surface area contributed by atoms with Gasteiger partial charge >= 0.3 is 0 Å². The third kappa shape index (κ3) is 5.33. The summed E-state index contributed by atoms with van der Waals surface area (Å²) in [5.41, 5.74) is 0.666. The number of hydrogen-bond donors (Lipinski definition) is 1. The number of carbonyl (C=O) groups is 1. The Labute approximate surface area is 208 Å². The Kier molecular flexibility index (Phi) is 7.71. The van der Waals surface area contributed by atoms with Gasteiger partial charge in [-0.1, -0.05) is 44.9 Å². The highest BCUT2D eigenvalue weighted by Crippen LogP contribution is 2.43. The van der Waals surface area contributed by atoms with Crippen LogP contribution in [-0.4, -0.2) is 45.0 Å². The Morgan fingerprint density at radius 1 is 1.09 bits per heavy atom. The predicted octanol–water partition coefficient (Wildman–Crippen LogP) is 5.07. The molecule has 1 atom stereocenters. The van der Waals surface area contributed by atoms with Crippen LogP contribution in [0.25, 0.3) is 0 Å². The number of para-hydroxylation sites is 1. The molecule has 1 fully saturated rings. The minimum atomic E-state index is -3.92. The van der Waals surface area contributed by atoms with Crippen molar-refractivity contribution < 1.29 is 22.7 Å². The number of sulfonamides is 1. The first-order chi connectivity index (χ1) is 16.8. The number of carbonyl (C=O) groups excluding carboxylic acids is 1. The fraction of sp³-hybridized carbons (Fsp3) is 0.519. The van der Waals surface area contributed by atoms with Crippen molar-refractivity contribution in [2.75, 3.05) is 20.2 Å². The largest absolute Gasteiger partial charge is 0.496 e. The molecule has 35 heavy (non-hydrogen) atoms. The highest BCUT2D eigenvalue weighted by atomic mass is 32.2. The van der Waals surface area contributed by atoms with Gasteiger partial charge in [-0.15, -0.1) is 0 Å². The predicted molar refractivity (Wildman–Crippen MR) is 135 cm³/mol. The van der Waals surface area contributed by atoms with Gasteiger partial charge in [-0.2, -0.15) is 0 Å². The number of methoxy groups -OCH3 is 1. The molecule has 2 aliphatic heterocycles. The second kappa shape index (κ2) is 10.6. The van der Waals surface area contributed by atoms with Crippen LogP contribution in [-0.2, 0) is 10.0 Å². The van der Waals surface area contributed by atoms with Gasteiger partial charge in [0.05, 0.1) is 23.6 Å². The molecule has 8 heteroatoms. The Morgan fingerprint density at radius 2 is 1.77 bits per heavy atom. The monoisotopic (exact) mass is 500 g/mol. The normalized spacial score (nSPS) is 19.9. The van der Waals surface area contributed by atoms with E-state index in [9.17, 15) is 13.2 Å². The molecular formula is C27H36N2O5S. The average Bonchev–Trinajstić information content (AvgIpc) is 3.17. The molecule has 0 radical (unpaired) electrons. The molecule has 0 spiro atoms. The zero-order chi connectivity index (χ0) is 25.1. The van der Waals surface area contributed by atoms with Crippen LogP contribution in [0.5, 0.6) is 11.5 Å². The molecule has 1 unspecified atom stereocenters. The van der Waals surface area contributed by atoms with Gasteiger partial charge in [0.1, 0.15) is 17.1 Å². The molecule has 0 aromatic heterocycles. The van der Waals surface area contributed by atoms with E-state index < -0.39 is 21.7 Å². The maximum absolute atomic E-state index is 13.6. The maximum atomic E-state index is 13.6. The molecule has 7 nitrogen and oxygen atoms in total. The Hall–Kier alpha value is -2.58. The van der Waals surface area contributed by atoms with Gasteiger partial charge in [-0.25, -0.2) is 13.1 Å². The fourth-order valence-electron chi connectivity index (χ4n) is 5.13. The number of nitrogens with zero attached hydrogens (tertiary/aromatic N) is 1. The summed E-state index contributed by atoms with van der Waals surface area (Å²) in [4.78, 5) is 15.2. The maximum Gasteiger partial charge on any atom is 0.257 e. The molecule has 4 rings (SSSR count). The molecular weight excluding hydrogens is 464 g/mol. The van der Waals surface area contributed by atoms with Gasteiger partial charge in [0.15, 0.2) is 0 Å². The summed E-state index contributed by atoms with van der Waals surface area (Å²) in [6, 6.07) is 11.7. The molecule has 190 valence electrons. The van der Waals surface area contributed by atoms with Crippen LogP contribution >= 0.6 is 0 Å². The van der Waals surface area contributed by atoms with Gasteiger partial charge in [-0.3, -0.25) is 4.79 Å². The minimum Gasteiger partial charge on any atom is -0.496 e. The zero-order valence-corrected chi connectivity index (χ0v) is 21.7. The van der Waals surface area contributed by atoms with Crippen LogP contribution in [0.15, 0.2) is 47.4 Å². The van der Waals surface area contributed by atoms with E-state index in [4.69, 9.17) is 9.47 Å². The lowest BCUT2D eigenvalue weighted by Gasteiger charge is -2.41. The number of benzene rings is 2. The van der Waals surface area contributed by atoms with E-state index in [0.29, 0.717) is 31.0 Å². The van der Waals surface area contributed by atoms with Crippen molar-refractivity contribution in [3.8, 4) is 11.5 Å². The van der Waals surface area contributed by atoms with Crippen molar-refractivity contribution in [1.29, 1.82) is 0 Å². The number of ether oxygens (including phenoxy) is 2. The second-order valence-corrected chi connectivity index (χ2v) is 11.2. The van der Waals surface area contributed by atoms with Crippen molar-refractivity contribution in [2.45, 2.75) is 75.3 Å². The first-order valence-electron chi connectivity index (χ1n) is 12.6. The SMILES string of the molecule is CCC1(CC)CC(NS(=O)(=O)c2ccc(OC)c(C(=O)N3CCCCCC3)c2)c2ccccc2O1. The summed E-state index contributed by atoms with van der Waals surface area (Å²) in [6.07, 6.45) is 6.18. The number of likely N-dealkylation sites (tertiary alicyclic amines) is 1. The van der Waals surface area contributed by atoms with Crippen LogP contribution in [0.4, 0.5) is 0 Å². The summed E-state index contributed by atoms with van der Waals surface area (Å²) in [6.45, 7) is 5.47. The summed E-state index contributed by atoms with van der Waals surface area (Å²) >= 11 is 0. The van der Waals surface area contributed by atoms with Crippen LogP contribution < -0.4 is 14.2 Å². The number of hydrogen-bond acceptors (Lipinski definition) is 5. The van der Waals surface area contributed by atoms with Crippen molar-refractivity contribution in [3.63, 3.8) is 0 Å². The van der Waals surface area contributed by atoms with E-state index in [1.165, 1.54) is 19.2 Å². The van der Waals surface area contributed by atoms with E-state index in [-0.39, 0.29) is 16.4 Å². The van der Waals surface area contributed by atoms with E-state index in [0.717, 1.165) is 44.1 Å². The molecule has 2 aromatic carbocycles. The lowest BCUT2D eigenvalue weighted by molar-refractivity contribution is 0.0260. The van der Waals surface area contributed by atoms with Crippen LogP contribution in [0.3, 0.4) is 0 Å². The number of amides is 1. The molecule has 2 aromatic rings. The summed E-state index contributed by atoms with van der Waals surface area (Å²) in [5, 5.41) is 0. The number of nitrogens with one attached hydrogen (secondary N) is 1. The first kappa shape index (κ1) is 25.5. The summed E-state index contributed by atoms with van der Waals surface area (Å²) in [5.74, 6) is 0.903. The van der Waals surface area contributed by atoms with Crippen molar-refractivity contribution in [3.05, 3.63) is 53.6 Å². The average molecular weight is 501 g/mol. The van der Waals surface area contributed by atoms with Gasteiger partial charge < -0.3 is 14.4 Å². The number of rotatable bonds is 7. The van der Waals surface area contributed by atoms with Gasteiger partial charge in [-0.05, 0) is 49.9 Å². The fourth-order valence-corrected chi connectivity index (χ4v) is 6.37. The quantitative estimate of drug-likeness (QED) is 0.574. The minimum absolute atomic E-state index is 0.0547. The van der Waals surface area contributed by atoms with E-state index in [1.54, 1.807) is 11.0 Å². The second-order valence-electron chi connectivity index (χ2n) is 9.48.